The van der Waals surface area contributed by atoms with E-state index in [2.05, 4.69) is 9.97 Å². The fraction of sp³-hybridized carbons (Fsp3) is 0.154. The van der Waals surface area contributed by atoms with Gasteiger partial charge in [0.15, 0.2) is 0 Å². The first-order valence-electron chi connectivity index (χ1n) is 5.68. The van der Waals surface area contributed by atoms with Gasteiger partial charge in [-0.1, -0.05) is 11.8 Å². The Bertz CT molecular complexity index is 649. The first-order valence-corrected chi connectivity index (χ1v) is 6.50. The van der Waals surface area contributed by atoms with E-state index in [0.29, 0.717) is 15.9 Å². The quantitative estimate of drug-likeness (QED) is 0.874. The molecule has 20 heavy (non-hydrogen) atoms. The molecular formula is C13H12FN3O2S. The van der Waals surface area contributed by atoms with Crippen molar-refractivity contribution in [3.8, 4) is 0 Å². The highest BCUT2D eigenvalue weighted by atomic mass is 32.2. The van der Waals surface area contributed by atoms with Gasteiger partial charge in [0.2, 0.25) is 5.95 Å². The molecule has 0 radical (unpaired) electrons. The molecule has 104 valence electrons. The molecule has 0 saturated carbocycles. The molecule has 0 unspecified atom stereocenters. The molecule has 5 nitrogen and oxygen atoms in total. The molecule has 1 aromatic heterocycles. The number of hydrogen-bond donors (Lipinski definition) is 1. The summed E-state index contributed by atoms with van der Waals surface area (Å²) < 4.78 is 13.3. The van der Waals surface area contributed by atoms with Crippen molar-refractivity contribution in [2.45, 2.75) is 9.92 Å². The van der Waals surface area contributed by atoms with E-state index in [1.165, 1.54) is 23.9 Å². The highest BCUT2D eigenvalue weighted by Crippen LogP contribution is 2.28. The Hall–Kier alpha value is -2.15. The second-order valence-electron chi connectivity index (χ2n) is 4.14. The fourth-order valence-electron chi connectivity index (χ4n) is 1.46. The maximum Gasteiger partial charge on any atom is 0.338 e. The number of halogens is 1. The van der Waals surface area contributed by atoms with E-state index in [0.717, 1.165) is 6.07 Å². The van der Waals surface area contributed by atoms with Crippen molar-refractivity contribution in [2.75, 3.05) is 19.0 Å². The second-order valence-corrected chi connectivity index (χ2v) is 5.23. The number of aromatic carboxylic acids is 1. The number of aromatic nitrogens is 2. The molecule has 1 N–H and O–H groups in total. The van der Waals surface area contributed by atoms with Gasteiger partial charge in [0.1, 0.15) is 10.8 Å². The molecule has 0 aliphatic carbocycles. The molecule has 0 bridgehead atoms. The van der Waals surface area contributed by atoms with Crippen LogP contribution in [0, 0.1) is 5.82 Å². The largest absolute Gasteiger partial charge is 0.478 e. The van der Waals surface area contributed by atoms with Crippen LogP contribution in [0.4, 0.5) is 10.3 Å². The van der Waals surface area contributed by atoms with Gasteiger partial charge in [-0.25, -0.2) is 19.2 Å². The van der Waals surface area contributed by atoms with E-state index in [9.17, 15) is 9.18 Å². The predicted octanol–water partition coefficient (Wildman–Crippen LogP) is 2.53. The monoisotopic (exact) mass is 293 g/mol. The summed E-state index contributed by atoms with van der Waals surface area (Å²) in [5.74, 6) is -1.49. The molecule has 0 atom stereocenters. The van der Waals surface area contributed by atoms with Gasteiger partial charge in [-0.3, -0.25) is 0 Å². The summed E-state index contributed by atoms with van der Waals surface area (Å²) in [5.41, 5.74) is -0.350. The second kappa shape index (κ2) is 5.87. The van der Waals surface area contributed by atoms with Crippen LogP contribution < -0.4 is 4.90 Å². The zero-order valence-electron chi connectivity index (χ0n) is 10.9. The van der Waals surface area contributed by atoms with Crippen molar-refractivity contribution < 1.29 is 14.3 Å². The Morgan fingerprint density at radius 3 is 2.75 bits per heavy atom. The lowest BCUT2D eigenvalue weighted by Gasteiger charge is -2.10. The summed E-state index contributed by atoms with van der Waals surface area (Å²) in [7, 11) is 3.65. The van der Waals surface area contributed by atoms with Gasteiger partial charge in [0.25, 0.3) is 0 Å². The highest BCUT2D eigenvalue weighted by molar-refractivity contribution is 7.99. The topological polar surface area (TPSA) is 66.3 Å². The minimum absolute atomic E-state index is 0.350. The Morgan fingerprint density at radius 2 is 2.10 bits per heavy atom. The lowest BCUT2D eigenvalue weighted by molar-refractivity contribution is 0.0691. The van der Waals surface area contributed by atoms with Crippen molar-refractivity contribution in [2.24, 2.45) is 0 Å². The summed E-state index contributed by atoms with van der Waals surface area (Å²) in [6.07, 6.45) is 1.62. The molecule has 0 aliphatic rings. The molecule has 2 rings (SSSR count). The van der Waals surface area contributed by atoms with Crippen molar-refractivity contribution in [3.05, 3.63) is 41.8 Å². The van der Waals surface area contributed by atoms with Crippen molar-refractivity contribution in [3.63, 3.8) is 0 Å². The Labute approximate surface area is 119 Å². The molecule has 1 aromatic carbocycles. The van der Waals surface area contributed by atoms with Crippen LogP contribution in [0.25, 0.3) is 0 Å². The van der Waals surface area contributed by atoms with Gasteiger partial charge in [-0.05, 0) is 24.3 Å². The third-order valence-corrected chi connectivity index (χ3v) is 3.33. The lowest BCUT2D eigenvalue weighted by atomic mass is 10.2. The average Bonchev–Trinajstić information content (AvgIpc) is 2.41. The van der Waals surface area contributed by atoms with Crippen LogP contribution in [-0.4, -0.2) is 35.1 Å². The zero-order valence-corrected chi connectivity index (χ0v) is 11.7. The Morgan fingerprint density at radius 1 is 1.35 bits per heavy atom. The van der Waals surface area contributed by atoms with Crippen LogP contribution in [0.15, 0.2) is 40.4 Å². The highest BCUT2D eigenvalue weighted by Gasteiger charge is 2.12. The first-order chi connectivity index (χ1) is 9.47. The van der Waals surface area contributed by atoms with Gasteiger partial charge < -0.3 is 10.0 Å². The third-order valence-electron chi connectivity index (χ3n) is 2.41. The van der Waals surface area contributed by atoms with Crippen LogP contribution >= 0.6 is 11.8 Å². The molecule has 0 saturated heterocycles. The SMILES string of the molecule is CN(C)c1nccc(Sc2ccc(F)c(C(=O)O)c2)n1. The van der Waals surface area contributed by atoms with Crippen molar-refractivity contribution >= 4 is 23.7 Å². The molecule has 0 spiro atoms. The van der Waals surface area contributed by atoms with Crippen LogP contribution in [0.1, 0.15) is 10.4 Å². The normalized spacial score (nSPS) is 10.3. The average molecular weight is 293 g/mol. The summed E-state index contributed by atoms with van der Waals surface area (Å²) in [6, 6.07) is 5.66. The van der Waals surface area contributed by atoms with Gasteiger partial charge in [-0.2, -0.15) is 0 Å². The zero-order chi connectivity index (χ0) is 14.7. The Kier molecular flexibility index (Phi) is 4.19. The van der Waals surface area contributed by atoms with Crippen LogP contribution in [-0.2, 0) is 0 Å². The summed E-state index contributed by atoms with van der Waals surface area (Å²) in [6.45, 7) is 0. The van der Waals surface area contributed by atoms with Gasteiger partial charge in [0.05, 0.1) is 5.56 Å². The van der Waals surface area contributed by atoms with E-state index in [1.807, 2.05) is 14.1 Å². The molecular weight excluding hydrogens is 281 g/mol. The number of carbonyl (C=O) groups is 1. The minimum Gasteiger partial charge on any atom is -0.478 e. The minimum atomic E-state index is -1.29. The summed E-state index contributed by atoms with van der Waals surface area (Å²) in [4.78, 5) is 21.6. The smallest absolute Gasteiger partial charge is 0.338 e. The standard InChI is InChI=1S/C13H12FN3O2S/c1-17(2)13-15-6-5-11(16-13)20-8-3-4-10(14)9(7-8)12(18)19/h3-7H,1-2H3,(H,18,19). The molecule has 0 amide bonds. The molecule has 7 heteroatoms. The predicted molar refractivity (Wildman–Crippen MR) is 73.8 cm³/mol. The number of nitrogens with zero attached hydrogens (tertiary/aromatic N) is 3. The van der Waals surface area contributed by atoms with Crippen molar-refractivity contribution in [1.29, 1.82) is 0 Å². The van der Waals surface area contributed by atoms with Crippen molar-refractivity contribution in [1.82, 2.24) is 9.97 Å². The fourth-order valence-corrected chi connectivity index (χ4v) is 2.27. The van der Waals surface area contributed by atoms with Crippen LogP contribution in [0.2, 0.25) is 0 Å². The lowest BCUT2D eigenvalue weighted by Crippen LogP contribution is -2.12. The third kappa shape index (κ3) is 3.24. The Balaban J connectivity index is 2.28. The number of hydrogen-bond acceptors (Lipinski definition) is 5. The number of anilines is 1. The van der Waals surface area contributed by atoms with E-state index in [-0.39, 0.29) is 5.56 Å². The number of benzene rings is 1. The number of carboxylic acids is 1. The van der Waals surface area contributed by atoms with Crippen LogP contribution in [0.5, 0.6) is 0 Å². The van der Waals surface area contributed by atoms with Crippen LogP contribution in [0.3, 0.4) is 0 Å². The van der Waals surface area contributed by atoms with E-state index in [4.69, 9.17) is 5.11 Å². The van der Waals surface area contributed by atoms with E-state index >= 15 is 0 Å². The van der Waals surface area contributed by atoms with E-state index in [1.54, 1.807) is 17.2 Å². The molecule has 2 aromatic rings. The first kappa shape index (κ1) is 14.3. The van der Waals surface area contributed by atoms with E-state index < -0.39 is 11.8 Å². The van der Waals surface area contributed by atoms with Gasteiger partial charge >= 0.3 is 5.97 Å². The maximum atomic E-state index is 13.3. The molecule has 1 heterocycles. The molecule has 0 fully saturated rings. The molecule has 0 aliphatic heterocycles. The number of carboxylic acid groups (broad SMARTS) is 1. The maximum absolute atomic E-state index is 13.3. The van der Waals surface area contributed by atoms with Gasteiger partial charge in [-0.15, -0.1) is 0 Å². The summed E-state index contributed by atoms with van der Waals surface area (Å²) >= 11 is 1.25. The number of rotatable bonds is 4. The van der Waals surface area contributed by atoms with Gasteiger partial charge in [0, 0.05) is 25.2 Å². The summed E-state index contributed by atoms with van der Waals surface area (Å²) in [5, 5.41) is 9.55.